The van der Waals surface area contributed by atoms with Crippen molar-refractivity contribution >= 4 is 11.6 Å². The molecule has 0 heterocycles. The van der Waals surface area contributed by atoms with Crippen molar-refractivity contribution in [1.29, 1.82) is 0 Å². The predicted molar refractivity (Wildman–Crippen MR) is 79.7 cm³/mol. The van der Waals surface area contributed by atoms with E-state index in [0.717, 1.165) is 11.3 Å². The van der Waals surface area contributed by atoms with Crippen LogP contribution in [0.5, 0.6) is 5.75 Å². The maximum Gasteiger partial charge on any atom is 0.127 e. The largest absolute Gasteiger partial charge is 0.497 e. The minimum absolute atomic E-state index is 0.110. The van der Waals surface area contributed by atoms with Crippen LogP contribution in [-0.4, -0.2) is 7.11 Å². The van der Waals surface area contributed by atoms with Crippen molar-refractivity contribution in [2.24, 2.45) is 0 Å². The van der Waals surface area contributed by atoms with E-state index in [4.69, 9.17) is 16.3 Å². The number of ether oxygens (including phenoxy) is 1. The zero-order valence-electron chi connectivity index (χ0n) is 11.5. The van der Waals surface area contributed by atoms with Gasteiger partial charge in [-0.3, -0.25) is 0 Å². The lowest BCUT2D eigenvalue weighted by atomic mass is 10.1. The van der Waals surface area contributed by atoms with E-state index >= 15 is 0 Å². The molecule has 0 aliphatic rings. The monoisotopic (exact) mass is 293 g/mol. The molecule has 2 rings (SSSR count). The average Bonchev–Trinajstić information content (AvgIpc) is 2.48. The Morgan fingerprint density at radius 2 is 1.90 bits per heavy atom. The lowest BCUT2D eigenvalue weighted by Crippen LogP contribution is -2.18. The number of rotatable bonds is 5. The first-order valence-corrected chi connectivity index (χ1v) is 6.79. The number of methoxy groups -OCH3 is 1. The third-order valence-electron chi connectivity index (χ3n) is 3.22. The molecular weight excluding hydrogens is 277 g/mol. The number of hydrogen-bond acceptors (Lipinski definition) is 2. The highest BCUT2D eigenvalue weighted by Gasteiger charge is 2.08. The van der Waals surface area contributed by atoms with Crippen LogP contribution in [0.15, 0.2) is 42.5 Å². The molecule has 0 fully saturated rings. The van der Waals surface area contributed by atoms with Gasteiger partial charge < -0.3 is 10.1 Å². The lowest BCUT2D eigenvalue weighted by Gasteiger charge is -2.15. The fraction of sp³-hybridized carbons (Fsp3) is 0.250. The van der Waals surface area contributed by atoms with E-state index in [1.807, 2.05) is 31.2 Å². The van der Waals surface area contributed by atoms with E-state index in [1.54, 1.807) is 19.2 Å². The molecule has 2 aromatic rings. The van der Waals surface area contributed by atoms with Crippen LogP contribution in [0.25, 0.3) is 0 Å². The molecule has 0 radical (unpaired) electrons. The van der Waals surface area contributed by atoms with Gasteiger partial charge in [-0.05, 0) is 42.8 Å². The Balaban J connectivity index is 2.00. The van der Waals surface area contributed by atoms with Crippen molar-refractivity contribution < 1.29 is 9.13 Å². The summed E-state index contributed by atoms with van der Waals surface area (Å²) in [6.07, 6.45) is 0. The Hall–Kier alpha value is -1.58. The van der Waals surface area contributed by atoms with E-state index in [0.29, 0.717) is 17.1 Å². The number of benzene rings is 2. The average molecular weight is 294 g/mol. The summed E-state index contributed by atoms with van der Waals surface area (Å²) in [7, 11) is 1.64. The molecule has 2 nitrogen and oxygen atoms in total. The van der Waals surface area contributed by atoms with Crippen molar-refractivity contribution in [2.45, 2.75) is 19.5 Å². The molecule has 0 amide bonds. The molecule has 1 N–H and O–H groups in total. The second-order valence-electron chi connectivity index (χ2n) is 4.61. The molecule has 0 saturated heterocycles. The van der Waals surface area contributed by atoms with Gasteiger partial charge in [0.1, 0.15) is 11.6 Å². The Morgan fingerprint density at radius 1 is 1.20 bits per heavy atom. The summed E-state index contributed by atoms with van der Waals surface area (Å²) >= 11 is 5.87. The SMILES string of the molecule is COc1ccc(C(C)NCc2cc(Cl)ccc2F)cc1. The number of nitrogens with one attached hydrogen (secondary N) is 1. The molecule has 2 aromatic carbocycles. The quantitative estimate of drug-likeness (QED) is 0.885. The molecule has 0 bridgehead atoms. The maximum absolute atomic E-state index is 13.6. The Labute approximate surface area is 123 Å². The van der Waals surface area contributed by atoms with E-state index in [9.17, 15) is 4.39 Å². The van der Waals surface area contributed by atoms with Crippen LogP contribution in [0.4, 0.5) is 4.39 Å². The smallest absolute Gasteiger partial charge is 0.127 e. The molecule has 0 aliphatic heterocycles. The molecule has 4 heteroatoms. The molecule has 1 atom stereocenters. The highest BCUT2D eigenvalue weighted by molar-refractivity contribution is 6.30. The Morgan fingerprint density at radius 3 is 2.55 bits per heavy atom. The highest BCUT2D eigenvalue weighted by atomic mass is 35.5. The fourth-order valence-corrected chi connectivity index (χ4v) is 2.15. The molecule has 106 valence electrons. The Bertz CT molecular complexity index is 571. The first-order chi connectivity index (χ1) is 9.60. The van der Waals surface area contributed by atoms with Crippen LogP contribution in [0.1, 0.15) is 24.1 Å². The van der Waals surface area contributed by atoms with Gasteiger partial charge in [0.2, 0.25) is 0 Å². The van der Waals surface area contributed by atoms with Gasteiger partial charge in [-0.1, -0.05) is 23.7 Å². The number of hydrogen-bond donors (Lipinski definition) is 1. The van der Waals surface area contributed by atoms with Crippen LogP contribution >= 0.6 is 11.6 Å². The molecule has 0 aromatic heterocycles. The van der Waals surface area contributed by atoms with Crippen LogP contribution < -0.4 is 10.1 Å². The minimum Gasteiger partial charge on any atom is -0.497 e. The topological polar surface area (TPSA) is 21.3 Å². The van der Waals surface area contributed by atoms with E-state index in [2.05, 4.69) is 5.32 Å². The summed E-state index contributed by atoms with van der Waals surface area (Å²) < 4.78 is 18.7. The summed E-state index contributed by atoms with van der Waals surface area (Å²) in [5, 5.41) is 3.82. The molecule has 0 spiro atoms. The second-order valence-corrected chi connectivity index (χ2v) is 5.05. The zero-order chi connectivity index (χ0) is 14.5. The summed E-state index contributed by atoms with van der Waals surface area (Å²) in [4.78, 5) is 0. The summed E-state index contributed by atoms with van der Waals surface area (Å²) in [5.41, 5.74) is 1.69. The Kier molecular flexibility index (Phi) is 4.99. The van der Waals surface area contributed by atoms with Gasteiger partial charge in [-0.25, -0.2) is 4.39 Å². The van der Waals surface area contributed by atoms with E-state index < -0.39 is 0 Å². The maximum atomic E-state index is 13.6. The first kappa shape index (κ1) is 14.8. The molecular formula is C16H17ClFNO. The summed E-state index contributed by atoms with van der Waals surface area (Å²) in [6, 6.07) is 12.5. The molecule has 20 heavy (non-hydrogen) atoms. The van der Waals surface area contributed by atoms with Crippen molar-refractivity contribution in [1.82, 2.24) is 5.32 Å². The zero-order valence-corrected chi connectivity index (χ0v) is 12.2. The third-order valence-corrected chi connectivity index (χ3v) is 3.46. The number of halogens is 2. The standard InChI is InChI=1S/C16H17ClFNO/c1-11(12-3-6-15(20-2)7-4-12)19-10-13-9-14(17)5-8-16(13)18/h3-9,11,19H,10H2,1-2H3. The lowest BCUT2D eigenvalue weighted by molar-refractivity contribution is 0.414. The minimum atomic E-state index is -0.246. The molecule has 0 saturated carbocycles. The van der Waals surface area contributed by atoms with Crippen LogP contribution in [0.2, 0.25) is 5.02 Å². The van der Waals surface area contributed by atoms with Gasteiger partial charge in [0.05, 0.1) is 7.11 Å². The first-order valence-electron chi connectivity index (χ1n) is 6.41. The van der Waals surface area contributed by atoms with Crippen molar-refractivity contribution in [3.8, 4) is 5.75 Å². The molecule has 0 aliphatic carbocycles. The summed E-state index contributed by atoms with van der Waals surface area (Å²) in [6.45, 7) is 2.46. The van der Waals surface area contributed by atoms with E-state index in [-0.39, 0.29) is 11.9 Å². The van der Waals surface area contributed by atoms with Gasteiger partial charge in [-0.15, -0.1) is 0 Å². The van der Waals surface area contributed by atoms with Gasteiger partial charge in [-0.2, -0.15) is 0 Å². The van der Waals surface area contributed by atoms with Crippen LogP contribution in [-0.2, 0) is 6.54 Å². The predicted octanol–water partition coefficient (Wildman–Crippen LogP) is 4.34. The van der Waals surface area contributed by atoms with Crippen molar-refractivity contribution in [3.63, 3.8) is 0 Å². The van der Waals surface area contributed by atoms with Gasteiger partial charge >= 0.3 is 0 Å². The normalized spacial score (nSPS) is 12.2. The van der Waals surface area contributed by atoms with Crippen LogP contribution in [0.3, 0.4) is 0 Å². The van der Waals surface area contributed by atoms with Gasteiger partial charge in [0.15, 0.2) is 0 Å². The fourth-order valence-electron chi connectivity index (χ4n) is 1.95. The molecule has 1 unspecified atom stereocenters. The second kappa shape index (κ2) is 6.73. The van der Waals surface area contributed by atoms with Crippen molar-refractivity contribution in [2.75, 3.05) is 7.11 Å². The third kappa shape index (κ3) is 3.71. The van der Waals surface area contributed by atoms with E-state index in [1.165, 1.54) is 6.07 Å². The summed E-state index contributed by atoms with van der Waals surface area (Å²) in [5.74, 6) is 0.575. The van der Waals surface area contributed by atoms with Gasteiger partial charge in [0.25, 0.3) is 0 Å². The van der Waals surface area contributed by atoms with Crippen LogP contribution in [0, 0.1) is 5.82 Å². The van der Waals surface area contributed by atoms with Crippen molar-refractivity contribution in [3.05, 3.63) is 64.4 Å². The highest BCUT2D eigenvalue weighted by Crippen LogP contribution is 2.19. The van der Waals surface area contributed by atoms with Gasteiger partial charge in [0, 0.05) is 23.2 Å².